The van der Waals surface area contributed by atoms with E-state index in [0.717, 1.165) is 37.7 Å². The van der Waals surface area contributed by atoms with Crippen LogP contribution in [0.15, 0.2) is 6.07 Å². The van der Waals surface area contributed by atoms with Crippen LogP contribution < -0.4 is 10.1 Å². The minimum atomic E-state index is -0.0139. The predicted octanol–water partition coefficient (Wildman–Crippen LogP) is 4.60. The highest BCUT2D eigenvalue weighted by Gasteiger charge is 2.26. The van der Waals surface area contributed by atoms with Crippen molar-refractivity contribution in [3.8, 4) is 5.75 Å². The Morgan fingerprint density at radius 2 is 1.79 bits per heavy atom. The Morgan fingerprint density at radius 1 is 1.03 bits per heavy atom. The molecule has 1 aliphatic carbocycles. The highest BCUT2D eigenvalue weighted by molar-refractivity contribution is 6.38. The Morgan fingerprint density at radius 3 is 2.55 bits per heavy atom. The summed E-state index contributed by atoms with van der Waals surface area (Å²) in [6.45, 7) is 6.36. The predicted molar refractivity (Wildman–Crippen MR) is 118 cm³/mol. The third-order valence-electron chi connectivity index (χ3n) is 6.51. The van der Waals surface area contributed by atoms with Crippen LogP contribution in [0.1, 0.15) is 50.5 Å². The van der Waals surface area contributed by atoms with E-state index >= 15 is 0 Å². The smallest absolute Gasteiger partial charge is 0.224 e. The molecule has 1 aromatic rings. The van der Waals surface area contributed by atoms with E-state index in [9.17, 15) is 4.79 Å². The quantitative estimate of drug-likeness (QED) is 0.657. The summed E-state index contributed by atoms with van der Waals surface area (Å²) in [5, 5.41) is 3.84. The van der Waals surface area contributed by atoms with Crippen molar-refractivity contribution in [2.45, 2.75) is 57.4 Å². The van der Waals surface area contributed by atoms with Gasteiger partial charge in [0.1, 0.15) is 5.75 Å². The maximum absolute atomic E-state index is 11.7. The van der Waals surface area contributed by atoms with Gasteiger partial charge in [-0.1, -0.05) is 42.5 Å². The molecule has 0 aromatic heterocycles. The molecule has 0 radical (unpaired) electrons. The van der Waals surface area contributed by atoms with E-state index in [4.69, 9.17) is 27.9 Å². The maximum Gasteiger partial charge on any atom is 0.224 e. The number of rotatable bonds is 6. The normalized spacial score (nSPS) is 21.7. The highest BCUT2D eigenvalue weighted by Crippen LogP contribution is 2.42. The number of anilines is 1. The summed E-state index contributed by atoms with van der Waals surface area (Å²) >= 11 is 12.6. The van der Waals surface area contributed by atoms with Crippen molar-refractivity contribution in [2.75, 3.05) is 44.6 Å². The molecule has 4 rings (SSSR count). The molecule has 1 saturated carbocycles. The van der Waals surface area contributed by atoms with Gasteiger partial charge in [-0.15, -0.1) is 0 Å². The first-order chi connectivity index (χ1) is 14.1. The van der Waals surface area contributed by atoms with E-state index in [2.05, 4.69) is 15.1 Å². The van der Waals surface area contributed by atoms with Crippen molar-refractivity contribution in [1.29, 1.82) is 0 Å². The molecule has 7 heteroatoms. The number of amides is 1. The van der Waals surface area contributed by atoms with Crippen molar-refractivity contribution in [3.63, 3.8) is 0 Å². The van der Waals surface area contributed by atoms with E-state index < -0.39 is 0 Å². The molecule has 2 heterocycles. The molecule has 0 unspecified atom stereocenters. The van der Waals surface area contributed by atoms with E-state index in [1.54, 1.807) is 6.07 Å². The van der Waals surface area contributed by atoms with Crippen LogP contribution in [0.4, 0.5) is 5.69 Å². The second-order valence-electron chi connectivity index (χ2n) is 8.44. The third-order valence-corrected chi connectivity index (χ3v) is 7.09. The molecular formula is C22H31Cl2N3O2. The summed E-state index contributed by atoms with van der Waals surface area (Å²) in [5.41, 5.74) is 1.57. The van der Waals surface area contributed by atoms with Gasteiger partial charge in [-0.05, 0) is 31.7 Å². The Kier molecular flexibility index (Phi) is 7.22. The molecule has 29 heavy (non-hydrogen) atoms. The second kappa shape index (κ2) is 9.86. The lowest BCUT2D eigenvalue weighted by Crippen LogP contribution is -2.50. The summed E-state index contributed by atoms with van der Waals surface area (Å²) in [4.78, 5) is 16.9. The van der Waals surface area contributed by atoms with Gasteiger partial charge < -0.3 is 15.0 Å². The Hall–Kier alpha value is -1.01. The van der Waals surface area contributed by atoms with Crippen molar-refractivity contribution >= 4 is 34.8 Å². The standard InChI is InChI=1S/C22H31Cl2N3O2/c23-18-15-19(24)22(17-7-8-20(28)25-21(17)18)29-14-4-9-26-10-12-27(13-11-26)16-5-2-1-3-6-16/h15-16H,1-14H2,(H,25,28). The fraction of sp³-hybridized carbons (Fsp3) is 0.682. The van der Waals surface area contributed by atoms with Crippen LogP contribution in [0.2, 0.25) is 10.0 Å². The molecule has 1 amide bonds. The number of ether oxygens (including phenoxy) is 1. The summed E-state index contributed by atoms with van der Waals surface area (Å²) in [6, 6.07) is 2.49. The van der Waals surface area contributed by atoms with Crippen LogP contribution in [0.5, 0.6) is 5.75 Å². The average Bonchev–Trinajstić information content (AvgIpc) is 2.74. The van der Waals surface area contributed by atoms with Gasteiger partial charge in [0.15, 0.2) is 0 Å². The van der Waals surface area contributed by atoms with Gasteiger partial charge in [0.05, 0.1) is 22.3 Å². The highest BCUT2D eigenvalue weighted by atomic mass is 35.5. The summed E-state index contributed by atoms with van der Waals surface area (Å²) in [6.07, 6.45) is 9.02. The fourth-order valence-electron chi connectivity index (χ4n) is 4.88. The fourth-order valence-corrected chi connectivity index (χ4v) is 5.49. The zero-order chi connectivity index (χ0) is 20.2. The van der Waals surface area contributed by atoms with Crippen LogP contribution in [-0.2, 0) is 11.2 Å². The molecule has 1 aromatic carbocycles. The summed E-state index contributed by atoms with van der Waals surface area (Å²) < 4.78 is 6.05. The van der Waals surface area contributed by atoms with Crippen molar-refractivity contribution in [2.24, 2.45) is 0 Å². The van der Waals surface area contributed by atoms with Gasteiger partial charge in [0.2, 0.25) is 5.91 Å². The lowest BCUT2D eigenvalue weighted by atomic mass is 9.94. The number of fused-ring (bicyclic) bond motifs is 1. The van der Waals surface area contributed by atoms with Gasteiger partial charge in [-0.25, -0.2) is 0 Å². The minimum Gasteiger partial charge on any atom is -0.492 e. The average molecular weight is 440 g/mol. The van der Waals surface area contributed by atoms with Gasteiger partial charge in [-0.3, -0.25) is 9.69 Å². The number of nitrogens with zero attached hydrogens (tertiary/aromatic N) is 2. The zero-order valence-electron chi connectivity index (χ0n) is 17.0. The van der Waals surface area contributed by atoms with E-state index in [1.807, 2.05) is 0 Å². The first-order valence-electron chi connectivity index (χ1n) is 11.0. The second-order valence-corrected chi connectivity index (χ2v) is 9.26. The number of carbonyl (C=O) groups is 1. The number of hydrogen-bond donors (Lipinski definition) is 1. The first kappa shape index (κ1) is 21.2. The Labute approximate surface area is 183 Å². The van der Waals surface area contributed by atoms with Gasteiger partial charge in [-0.2, -0.15) is 0 Å². The van der Waals surface area contributed by atoms with E-state index in [-0.39, 0.29) is 5.91 Å². The van der Waals surface area contributed by atoms with Crippen LogP contribution in [-0.4, -0.2) is 61.1 Å². The van der Waals surface area contributed by atoms with Gasteiger partial charge in [0.25, 0.3) is 0 Å². The molecular weight excluding hydrogens is 409 g/mol. The lowest BCUT2D eigenvalue weighted by molar-refractivity contribution is -0.116. The minimum absolute atomic E-state index is 0.0139. The van der Waals surface area contributed by atoms with E-state index in [0.29, 0.717) is 40.9 Å². The van der Waals surface area contributed by atoms with E-state index in [1.165, 1.54) is 45.2 Å². The lowest BCUT2D eigenvalue weighted by Gasteiger charge is -2.40. The van der Waals surface area contributed by atoms with Gasteiger partial charge in [0, 0.05) is 50.7 Å². The molecule has 2 aliphatic heterocycles. The summed E-state index contributed by atoms with van der Waals surface area (Å²) in [5.74, 6) is 0.660. The van der Waals surface area contributed by atoms with Gasteiger partial charge >= 0.3 is 0 Å². The third kappa shape index (κ3) is 5.19. The van der Waals surface area contributed by atoms with Crippen LogP contribution >= 0.6 is 23.2 Å². The van der Waals surface area contributed by atoms with Crippen LogP contribution in [0.25, 0.3) is 0 Å². The van der Waals surface area contributed by atoms with Crippen molar-refractivity contribution in [1.82, 2.24) is 9.80 Å². The van der Waals surface area contributed by atoms with Crippen molar-refractivity contribution in [3.05, 3.63) is 21.7 Å². The molecule has 160 valence electrons. The maximum atomic E-state index is 11.7. The number of nitrogens with one attached hydrogen (secondary N) is 1. The number of hydrogen-bond acceptors (Lipinski definition) is 4. The SMILES string of the molecule is O=C1CCc2c(c(Cl)cc(Cl)c2OCCCN2CCN(C3CCCCC3)CC2)N1. The molecule has 3 aliphatic rings. The van der Waals surface area contributed by atoms with Crippen LogP contribution in [0.3, 0.4) is 0 Å². The van der Waals surface area contributed by atoms with Crippen molar-refractivity contribution < 1.29 is 9.53 Å². The number of carbonyl (C=O) groups excluding carboxylic acids is 1. The number of halogens is 2. The first-order valence-corrected chi connectivity index (χ1v) is 11.8. The Balaban J connectivity index is 1.23. The number of piperazine rings is 1. The largest absolute Gasteiger partial charge is 0.492 e. The molecule has 2 fully saturated rings. The Bertz CT molecular complexity index is 729. The molecule has 0 bridgehead atoms. The molecule has 0 spiro atoms. The number of benzene rings is 1. The van der Waals surface area contributed by atoms with Crippen LogP contribution in [0, 0.1) is 0 Å². The molecule has 5 nitrogen and oxygen atoms in total. The topological polar surface area (TPSA) is 44.8 Å². The zero-order valence-corrected chi connectivity index (χ0v) is 18.5. The monoisotopic (exact) mass is 439 g/mol. The molecule has 0 atom stereocenters. The molecule has 1 saturated heterocycles. The molecule has 1 N–H and O–H groups in total. The summed E-state index contributed by atoms with van der Waals surface area (Å²) in [7, 11) is 0.